The summed E-state index contributed by atoms with van der Waals surface area (Å²) in [6.45, 7) is 0. The van der Waals surface area contributed by atoms with Crippen molar-refractivity contribution < 1.29 is 4.79 Å². The summed E-state index contributed by atoms with van der Waals surface area (Å²) in [5.74, 6) is -0.645. The van der Waals surface area contributed by atoms with E-state index in [1.807, 2.05) is 0 Å². The zero-order chi connectivity index (χ0) is 18.4. The molecule has 8 nitrogen and oxygen atoms in total. The molecule has 2 aromatic heterocycles. The minimum atomic E-state index is -0.764. The lowest BCUT2D eigenvalue weighted by Gasteiger charge is -2.07. The van der Waals surface area contributed by atoms with Crippen LogP contribution < -0.4 is 22.4 Å². The van der Waals surface area contributed by atoms with Gasteiger partial charge in [-0.15, -0.1) is 0 Å². The molecule has 26 heavy (non-hydrogen) atoms. The predicted octanol–water partition coefficient (Wildman–Crippen LogP) is 1.79. The lowest BCUT2D eigenvalue weighted by Crippen LogP contribution is -2.43. The van der Waals surface area contributed by atoms with E-state index in [9.17, 15) is 14.4 Å². The van der Waals surface area contributed by atoms with Crippen molar-refractivity contribution in [2.75, 3.05) is 11.2 Å². The molecule has 0 radical (unpaired) electrons. The number of H-pyrrole nitrogens is 2. The van der Waals surface area contributed by atoms with Gasteiger partial charge in [0.05, 0.1) is 10.9 Å². The van der Waals surface area contributed by atoms with Gasteiger partial charge in [0.15, 0.2) is 0 Å². The van der Waals surface area contributed by atoms with Crippen LogP contribution in [-0.4, -0.2) is 20.6 Å². The number of nitrogens with two attached hydrogens (primary N) is 1. The maximum absolute atomic E-state index is 12.5. The molecule has 0 aliphatic carbocycles. The highest BCUT2D eigenvalue weighted by atomic mass is 35.5. The van der Waals surface area contributed by atoms with E-state index in [4.69, 9.17) is 17.3 Å². The molecular weight excluding hydrogens is 358 g/mol. The Balaban J connectivity index is 1.77. The standard InChI is InChI=1S/C17H12ClN5O3/c18-9-1-3-12-8(5-9)6-14(20-12)15(24)22-23-16(25)11-7-10(19)2-4-13(11)21-17(23)26/h1-7,20H,19H2,(H,21,26)(H,22,24). The molecule has 1 amide bonds. The van der Waals surface area contributed by atoms with Gasteiger partial charge in [0, 0.05) is 21.6 Å². The van der Waals surface area contributed by atoms with Gasteiger partial charge in [-0.2, -0.15) is 4.68 Å². The quantitative estimate of drug-likeness (QED) is 0.402. The lowest BCUT2D eigenvalue weighted by molar-refractivity contribution is 0.100. The highest BCUT2D eigenvalue weighted by molar-refractivity contribution is 6.31. The van der Waals surface area contributed by atoms with Crippen LogP contribution in [0.3, 0.4) is 0 Å². The van der Waals surface area contributed by atoms with E-state index in [-0.39, 0.29) is 11.1 Å². The van der Waals surface area contributed by atoms with Crippen LogP contribution in [0.1, 0.15) is 10.5 Å². The molecule has 0 saturated carbocycles. The largest absolute Gasteiger partial charge is 0.399 e. The summed E-state index contributed by atoms with van der Waals surface area (Å²) in [5.41, 5.74) is 8.13. The van der Waals surface area contributed by atoms with Gasteiger partial charge in [-0.1, -0.05) is 11.6 Å². The number of halogens is 1. The fourth-order valence-electron chi connectivity index (χ4n) is 2.72. The average molecular weight is 370 g/mol. The van der Waals surface area contributed by atoms with Crippen molar-refractivity contribution in [1.29, 1.82) is 0 Å². The first-order valence-electron chi connectivity index (χ1n) is 7.56. The summed E-state index contributed by atoms with van der Waals surface area (Å²) >= 11 is 5.93. The molecule has 0 bridgehead atoms. The summed E-state index contributed by atoms with van der Waals surface area (Å²) in [6, 6.07) is 11.2. The Bertz CT molecular complexity index is 1300. The number of nitrogens with one attached hydrogen (secondary N) is 3. The third-order valence-electron chi connectivity index (χ3n) is 3.96. The molecule has 5 N–H and O–H groups in total. The Kier molecular flexibility index (Phi) is 3.55. The Hall–Kier alpha value is -3.52. The van der Waals surface area contributed by atoms with Crippen molar-refractivity contribution in [3.05, 3.63) is 74.0 Å². The monoisotopic (exact) mass is 369 g/mol. The molecule has 0 aliphatic rings. The van der Waals surface area contributed by atoms with E-state index in [1.54, 1.807) is 30.3 Å². The number of anilines is 1. The molecule has 130 valence electrons. The number of amides is 1. The number of rotatable bonds is 2. The topological polar surface area (TPSA) is 126 Å². The molecule has 2 heterocycles. The number of hydrogen-bond donors (Lipinski definition) is 4. The minimum absolute atomic E-state index is 0.182. The number of nitrogen functional groups attached to an aromatic ring is 1. The molecule has 0 saturated heterocycles. The van der Waals surface area contributed by atoms with E-state index in [2.05, 4.69) is 15.4 Å². The van der Waals surface area contributed by atoms with Gasteiger partial charge in [0.2, 0.25) is 0 Å². The third kappa shape index (κ3) is 2.62. The van der Waals surface area contributed by atoms with Gasteiger partial charge in [0.25, 0.3) is 11.5 Å². The molecule has 0 atom stereocenters. The summed E-state index contributed by atoms with van der Waals surface area (Å²) in [7, 11) is 0. The Morgan fingerprint density at radius 1 is 1.04 bits per heavy atom. The molecule has 4 rings (SSSR count). The first-order chi connectivity index (χ1) is 12.4. The van der Waals surface area contributed by atoms with E-state index in [0.29, 0.717) is 26.4 Å². The second-order valence-electron chi connectivity index (χ2n) is 5.73. The normalized spacial score (nSPS) is 11.1. The number of hydrogen-bond acceptors (Lipinski definition) is 4. The van der Waals surface area contributed by atoms with Crippen LogP contribution in [0.4, 0.5) is 5.69 Å². The number of aromatic nitrogens is 3. The number of carbonyl (C=O) groups excluding carboxylic acids is 1. The second-order valence-corrected chi connectivity index (χ2v) is 6.17. The first kappa shape index (κ1) is 16.0. The molecule has 2 aromatic carbocycles. The molecule has 9 heteroatoms. The van der Waals surface area contributed by atoms with Gasteiger partial charge in [-0.25, -0.2) is 4.79 Å². The highest BCUT2D eigenvalue weighted by Gasteiger charge is 2.14. The zero-order valence-electron chi connectivity index (χ0n) is 13.2. The van der Waals surface area contributed by atoms with E-state index in [0.717, 1.165) is 5.39 Å². The summed E-state index contributed by atoms with van der Waals surface area (Å²) in [6.07, 6.45) is 0. The highest BCUT2D eigenvalue weighted by Crippen LogP contribution is 2.20. The average Bonchev–Trinajstić information content (AvgIpc) is 3.02. The number of benzene rings is 2. The number of nitrogens with zero attached hydrogens (tertiary/aromatic N) is 1. The maximum Gasteiger partial charge on any atom is 0.348 e. The minimum Gasteiger partial charge on any atom is -0.399 e. The second kappa shape index (κ2) is 5.78. The summed E-state index contributed by atoms with van der Waals surface area (Å²) < 4.78 is 0.614. The number of fused-ring (bicyclic) bond motifs is 2. The maximum atomic E-state index is 12.5. The summed E-state index contributed by atoms with van der Waals surface area (Å²) in [5, 5.41) is 1.45. The van der Waals surface area contributed by atoms with Crippen LogP contribution in [0.25, 0.3) is 21.8 Å². The molecular formula is C17H12ClN5O3. The lowest BCUT2D eigenvalue weighted by atomic mass is 10.2. The molecule has 0 spiro atoms. The van der Waals surface area contributed by atoms with Crippen LogP contribution in [-0.2, 0) is 0 Å². The Labute approximate surface area is 150 Å². The van der Waals surface area contributed by atoms with Crippen LogP contribution in [0.5, 0.6) is 0 Å². The van der Waals surface area contributed by atoms with Crippen molar-refractivity contribution in [3.63, 3.8) is 0 Å². The third-order valence-corrected chi connectivity index (χ3v) is 4.20. The van der Waals surface area contributed by atoms with Gasteiger partial charge in [0.1, 0.15) is 5.69 Å². The van der Waals surface area contributed by atoms with Crippen LogP contribution >= 0.6 is 11.6 Å². The van der Waals surface area contributed by atoms with Crippen molar-refractivity contribution in [3.8, 4) is 0 Å². The van der Waals surface area contributed by atoms with Crippen LogP contribution in [0.2, 0.25) is 5.02 Å². The summed E-state index contributed by atoms with van der Waals surface area (Å²) in [4.78, 5) is 42.6. The first-order valence-corrected chi connectivity index (χ1v) is 7.94. The van der Waals surface area contributed by atoms with Gasteiger partial charge < -0.3 is 15.7 Å². The molecule has 0 unspecified atom stereocenters. The van der Waals surface area contributed by atoms with Crippen molar-refractivity contribution >= 4 is 45.0 Å². The van der Waals surface area contributed by atoms with Gasteiger partial charge in [-0.3, -0.25) is 15.0 Å². The van der Waals surface area contributed by atoms with E-state index in [1.165, 1.54) is 12.1 Å². The SMILES string of the molecule is Nc1ccc2[nH]c(=O)n(NC(=O)c3cc4cc(Cl)ccc4[nH]3)c(=O)c2c1. The molecule has 4 aromatic rings. The van der Waals surface area contributed by atoms with E-state index >= 15 is 0 Å². The van der Waals surface area contributed by atoms with Crippen LogP contribution in [0, 0.1) is 0 Å². The Morgan fingerprint density at radius 3 is 2.62 bits per heavy atom. The van der Waals surface area contributed by atoms with E-state index < -0.39 is 17.2 Å². The fraction of sp³-hybridized carbons (Fsp3) is 0. The fourth-order valence-corrected chi connectivity index (χ4v) is 2.90. The van der Waals surface area contributed by atoms with Crippen molar-refractivity contribution in [2.24, 2.45) is 0 Å². The number of carbonyl (C=O) groups is 1. The van der Waals surface area contributed by atoms with Gasteiger partial charge in [-0.05, 0) is 42.5 Å². The Morgan fingerprint density at radius 2 is 1.81 bits per heavy atom. The number of aromatic amines is 2. The molecule has 0 fully saturated rings. The van der Waals surface area contributed by atoms with Crippen LogP contribution in [0.15, 0.2) is 52.1 Å². The van der Waals surface area contributed by atoms with Crippen molar-refractivity contribution in [2.45, 2.75) is 0 Å². The predicted molar refractivity (Wildman–Crippen MR) is 100 cm³/mol. The molecule has 0 aliphatic heterocycles. The van der Waals surface area contributed by atoms with Gasteiger partial charge >= 0.3 is 5.69 Å². The smallest absolute Gasteiger partial charge is 0.348 e. The van der Waals surface area contributed by atoms with Crippen molar-refractivity contribution in [1.82, 2.24) is 14.6 Å². The zero-order valence-corrected chi connectivity index (χ0v) is 13.9.